The molecule has 5 aromatic rings. The van der Waals surface area contributed by atoms with E-state index in [0.29, 0.717) is 39.5 Å². The molecule has 1 fully saturated rings. The zero-order chi connectivity index (χ0) is 33.5. The third-order valence-corrected chi connectivity index (χ3v) is 9.33. The molecule has 13 heteroatoms. The van der Waals surface area contributed by atoms with Crippen molar-refractivity contribution in [1.82, 2.24) is 0 Å². The minimum absolute atomic E-state index is 0.0172. The fourth-order valence-electron chi connectivity index (χ4n) is 5.48. The number of carbonyl (C=O) groups excluding carboxylic acids is 1. The molecule has 1 aliphatic carbocycles. The minimum atomic E-state index is -4.57. The van der Waals surface area contributed by atoms with E-state index in [9.17, 15) is 31.1 Å². The predicted octanol–water partition coefficient (Wildman–Crippen LogP) is 8.56. The van der Waals surface area contributed by atoms with Crippen LogP contribution in [0.5, 0.6) is 11.5 Å². The van der Waals surface area contributed by atoms with Crippen LogP contribution in [0.4, 0.5) is 23.2 Å². The highest BCUT2D eigenvalue weighted by atomic mass is 79.9. The highest BCUT2D eigenvalue weighted by Gasteiger charge is 2.34. The predicted molar refractivity (Wildman–Crippen MR) is 172 cm³/mol. The van der Waals surface area contributed by atoms with Crippen LogP contribution < -0.4 is 14.8 Å². The summed E-state index contributed by atoms with van der Waals surface area (Å²) in [6, 6.07) is 19.7. The van der Waals surface area contributed by atoms with E-state index in [-0.39, 0.29) is 46.7 Å². The molecule has 0 saturated heterocycles. The van der Waals surface area contributed by atoms with Crippen LogP contribution in [0.3, 0.4) is 0 Å². The molecule has 6 rings (SSSR count). The lowest BCUT2D eigenvalue weighted by atomic mass is 10.0. The number of anilines is 1. The van der Waals surface area contributed by atoms with E-state index < -0.39 is 28.9 Å². The van der Waals surface area contributed by atoms with Crippen molar-refractivity contribution in [3.05, 3.63) is 123 Å². The second-order valence-corrected chi connectivity index (χ2v) is 12.9. The molecule has 0 spiro atoms. The molecule has 7 nitrogen and oxygen atoms in total. The number of fused-ring (bicyclic) bond motifs is 1. The van der Waals surface area contributed by atoms with Crippen molar-refractivity contribution in [2.24, 2.45) is 5.73 Å². The molecule has 1 aromatic heterocycles. The number of rotatable bonds is 11. The number of primary amides is 1. The normalized spacial score (nSPS) is 13.9. The SMILES string of the molecule is NC(=O)c1c(Cc2ccc(Oc3ccc(F)cc3)cc2)oc2cc(N(CCc3ccc(Br)c(C(F)(F)F)c3)S(=O)[O-])c(C3CC3)cc12. The summed E-state index contributed by atoms with van der Waals surface area (Å²) in [6.45, 7) is -0.122. The topological polar surface area (TPSA) is 109 Å². The van der Waals surface area contributed by atoms with E-state index in [4.69, 9.17) is 14.9 Å². The van der Waals surface area contributed by atoms with Gasteiger partial charge in [0.1, 0.15) is 28.7 Å². The minimum Gasteiger partial charge on any atom is -0.755 e. The Balaban J connectivity index is 1.30. The molecule has 1 atom stereocenters. The number of hydrogen-bond donors (Lipinski definition) is 1. The maximum absolute atomic E-state index is 13.5. The molecule has 47 heavy (non-hydrogen) atoms. The van der Waals surface area contributed by atoms with Crippen LogP contribution >= 0.6 is 15.9 Å². The van der Waals surface area contributed by atoms with Crippen LogP contribution in [0.15, 0.2) is 87.8 Å². The fourth-order valence-corrected chi connectivity index (χ4v) is 6.51. The van der Waals surface area contributed by atoms with Crippen molar-refractivity contribution in [3.63, 3.8) is 0 Å². The van der Waals surface area contributed by atoms with Gasteiger partial charge in [-0.1, -0.05) is 34.1 Å². The van der Waals surface area contributed by atoms with Crippen molar-refractivity contribution in [2.45, 2.75) is 37.8 Å². The number of furan rings is 1. The third kappa shape index (κ3) is 7.37. The summed E-state index contributed by atoms with van der Waals surface area (Å²) >= 11 is 0.163. The maximum Gasteiger partial charge on any atom is 0.417 e. The molecule has 0 bridgehead atoms. The fraction of sp³-hybridized carbons (Fsp3) is 0.206. The molecule has 1 heterocycles. The number of amides is 1. The van der Waals surface area contributed by atoms with Gasteiger partial charge in [-0.2, -0.15) is 13.2 Å². The van der Waals surface area contributed by atoms with Gasteiger partial charge in [0, 0.05) is 40.2 Å². The van der Waals surface area contributed by atoms with Gasteiger partial charge in [-0.05, 0) is 96.5 Å². The monoisotopic (exact) mass is 729 g/mol. The first kappa shape index (κ1) is 32.7. The number of carbonyl (C=O) groups is 1. The van der Waals surface area contributed by atoms with Crippen LogP contribution in [-0.2, 0) is 30.3 Å². The lowest BCUT2D eigenvalue weighted by Gasteiger charge is -2.29. The van der Waals surface area contributed by atoms with Gasteiger partial charge in [0.05, 0.1) is 16.8 Å². The summed E-state index contributed by atoms with van der Waals surface area (Å²) < 4.78 is 91.5. The van der Waals surface area contributed by atoms with Gasteiger partial charge < -0.3 is 23.7 Å². The molecule has 1 unspecified atom stereocenters. The van der Waals surface area contributed by atoms with Crippen molar-refractivity contribution in [1.29, 1.82) is 0 Å². The van der Waals surface area contributed by atoms with Crippen LogP contribution in [0.2, 0.25) is 0 Å². The Labute approximate surface area is 277 Å². The highest BCUT2D eigenvalue weighted by molar-refractivity contribution is 9.10. The van der Waals surface area contributed by atoms with E-state index in [1.165, 1.54) is 36.4 Å². The lowest BCUT2D eigenvalue weighted by molar-refractivity contribution is -0.138. The van der Waals surface area contributed by atoms with Gasteiger partial charge in [0.2, 0.25) is 0 Å². The van der Waals surface area contributed by atoms with E-state index in [0.717, 1.165) is 28.8 Å². The molecule has 0 radical (unpaired) electrons. The van der Waals surface area contributed by atoms with E-state index >= 15 is 0 Å². The van der Waals surface area contributed by atoms with Gasteiger partial charge in [-0.3, -0.25) is 9.00 Å². The van der Waals surface area contributed by atoms with Crippen molar-refractivity contribution in [2.75, 3.05) is 10.8 Å². The van der Waals surface area contributed by atoms with Gasteiger partial charge >= 0.3 is 6.18 Å². The molecule has 2 N–H and O–H groups in total. The summed E-state index contributed by atoms with van der Waals surface area (Å²) in [7, 11) is 0. The highest BCUT2D eigenvalue weighted by Crippen LogP contribution is 2.47. The number of hydrogen-bond acceptors (Lipinski definition) is 5. The summed E-state index contributed by atoms with van der Waals surface area (Å²) in [5.41, 5.74) is 7.51. The zero-order valence-electron chi connectivity index (χ0n) is 24.5. The van der Waals surface area contributed by atoms with Gasteiger partial charge in [0.15, 0.2) is 0 Å². The standard InChI is InChI=1S/C34H27BrF4N2O5S/c35-28-12-3-20(15-27(28)34(37,38)39)13-14-41(47(43)44)29-18-30-26(17-25(29)21-4-5-21)32(33(40)42)31(46-30)16-19-1-8-23(9-2-19)45-24-10-6-22(36)7-11-24/h1-3,6-12,15,17-18,21H,4-5,13-14,16H2,(H2,40,42)(H,43,44)/p-1. The van der Waals surface area contributed by atoms with E-state index in [1.807, 2.05) is 0 Å². The van der Waals surface area contributed by atoms with Gasteiger partial charge in [-0.15, -0.1) is 0 Å². The summed E-state index contributed by atoms with van der Waals surface area (Å²) in [4.78, 5) is 12.7. The zero-order valence-corrected chi connectivity index (χ0v) is 26.9. The average Bonchev–Trinajstić information content (AvgIpc) is 3.80. The Hall–Kier alpha value is -4.20. The third-order valence-electron chi connectivity index (χ3n) is 7.90. The van der Waals surface area contributed by atoms with Gasteiger partial charge in [0.25, 0.3) is 5.91 Å². The van der Waals surface area contributed by atoms with Gasteiger partial charge in [-0.25, -0.2) is 4.39 Å². The molecule has 244 valence electrons. The molecule has 1 aliphatic rings. The molecular formula is C34H26BrF4N2O5S-. The first-order chi connectivity index (χ1) is 22.4. The summed E-state index contributed by atoms with van der Waals surface area (Å²) in [5.74, 6) is 0.232. The quantitative estimate of drug-likeness (QED) is 0.108. The Kier molecular flexibility index (Phi) is 9.14. The number of nitrogens with two attached hydrogens (primary N) is 1. The maximum atomic E-state index is 13.5. The van der Waals surface area contributed by atoms with Crippen LogP contribution in [0.25, 0.3) is 11.0 Å². The first-order valence-corrected chi connectivity index (χ1v) is 16.3. The number of alkyl halides is 3. The van der Waals surface area contributed by atoms with Crippen molar-refractivity contribution in [3.8, 4) is 11.5 Å². The second-order valence-electron chi connectivity index (χ2n) is 11.2. The van der Waals surface area contributed by atoms with Crippen LogP contribution in [0.1, 0.15) is 57.1 Å². The molecule has 4 aromatic carbocycles. The molecule has 0 aliphatic heterocycles. The van der Waals surface area contributed by atoms with Crippen molar-refractivity contribution >= 4 is 49.8 Å². The van der Waals surface area contributed by atoms with Crippen LogP contribution in [-0.4, -0.2) is 21.2 Å². The second kappa shape index (κ2) is 13.1. The average molecular weight is 731 g/mol. The Morgan fingerprint density at radius 1 is 1.00 bits per heavy atom. The molecular weight excluding hydrogens is 704 g/mol. The van der Waals surface area contributed by atoms with Crippen LogP contribution in [0, 0.1) is 5.82 Å². The molecule has 1 amide bonds. The largest absolute Gasteiger partial charge is 0.755 e. The summed E-state index contributed by atoms with van der Waals surface area (Å²) in [5, 5.41) is 0.453. The lowest BCUT2D eigenvalue weighted by Crippen LogP contribution is -2.29. The Morgan fingerprint density at radius 2 is 1.64 bits per heavy atom. The molecule has 1 saturated carbocycles. The summed E-state index contributed by atoms with van der Waals surface area (Å²) in [6.07, 6.45) is -2.75. The number of benzene rings is 4. The Morgan fingerprint density at radius 3 is 2.23 bits per heavy atom. The Bertz CT molecular complexity index is 1980. The van der Waals surface area contributed by atoms with E-state index in [2.05, 4.69) is 15.9 Å². The number of halogens is 5. The van der Waals surface area contributed by atoms with E-state index in [1.54, 1.807) is 36.4 Å². The number of ether oxygens (including phenoxy) is 1. The smallest absolute Gasteiger partial charge is 0.417 e. The van der Waals surface area contributed by atoms with Crippen molar-refractivity contribution < 1.29 is 40.3 Å². The first-order valence-electron chi connectivity index (χ1n) is 14.5. The number of nitrogens with zero attached hydrogens (tertiary/aromatic N) is 1.